The Morgan fingerprint density at radius 1 is 0.417 bits per heavy atom. The Morgan fingerprint density at radius 2 is 1.06 bits per heavy atom. The van der Waals surface area contributed by atoms with Crippen LogP contribution in [-0.2, 0) is 0 Å². The monoisotopic (exact) mass is 611 g/mol. The topological polar surface area (TPSA) is 48.0 Å². The van der Waals surface area contributed by atoms with Gasteiger partial charge in [-0.25, -0.2) is 14.5 Å². The van der Waals surface area contributed by atoms with Crippen LogP contribution in [0, 0.1) is 0 Å². The molecule has 0 atom stereocenters. The van der Waals surface area contributed by atoms with Gasteiger partial charge < -0.3 is 4.57 Å². The zero-order valence-corrected chi connectivity index (χ0v) is 25.7. The first-order valence-corrected chi connectivity index (χ1v) is 16.2. The largest absolute Gasteiger partial charge is 0.308 e. The van der Waals surface area contributed by atoms with Crippen molar-refractivity contribution in [3.05, 3.63) is 152 Å². The average molecular weight is 612 g/mol. The van der Waals surface area contributed by atoms with Crippen molar-refractivity contribution in [2.24, 2.45) is 0 Å². The summed E-state index contributed by atoms with van der Waals surface area (Å²) in [6.07, 6.45) is 0. The molecule has 1 aliphatic rings. The van der Waals surface area contributed by atoms with E-state index in [0.717, 1.165) is 44.7 Å². The number of rotatable bonds is 3. The minimum Gasteiger partial charge on any atom is -0.308 e. The molecule has 0 aliphatic heterocycles. The fourth-order valence-electron chi connectivity index (χ4n) is 7.89. The molecule has 3 heterocycles. The summed E-state index contributed by atoms with van der Waals surface area (Å²) in [4.78, 5) is 10.3. The Labute approximate surface area is 275 Å². The summed E-state index contributed by atoms with van der Waals surface area (Å²) in [5.41, 5.74) is 13.7. The molecular formula is C43H25N5. The van der Waals surface area contributed by atoms with Gasteiger partial charge in [-0.15, -0.1) is 5.10 Å². The minimum absolute atomic E-state index is 0.658. The van der Waals surface area contributed by atoms with Gasteiger partial charge >= 0.3 is 0 Å². The van der Waals surface area contributed by atoms with Gasteiger partial charge in [0.2, 0.25) is 0 Å². The maximum absolute atomic E-state index is 5.24. The Bertz CT molecular complexity index is 2950. The molecule has 0 amide bonds. The van der Waals surface area contributed by atoms with Crippen molar-refractivity contribution < 1.29 is 0 Å². The van der Waals surface area contributed by atoms with Crippen LogP contribution in [-0.4, -0.2) is 24.1 Å². The molecule has 0 saturated heterocycles. The maximum atomic E-state index is 5.24. The molecular weight excluding hydrogens is 587 g/mol. The minimum atomic E-state index is 0.658. The van der Waals surface area contributed by atoms with E-state index in [-0.39, 0.29) is 0 Å². The first-order chi connectivity index (χ1) is 23.8. The number of benzene rings is 7. The van der Waals surface area contributed by atoms with Crippen LogP contribution < -0.4 is 0 Å². The van der Waals surface area contributed by atoms with Crippen molar-refractivity contribution in [1.82, 2.24) is 24.1 Å². The lowest BCUT2D eigenvalue weighted by molar-refractivity contribution is 0.999. The Hall–Kier alpha value is -6.59. The fourth-order valence-corrected chi connectivity index (χ4v) is 7.89. The standard InChI is InChI=1S/C43H25N5/c1-2-12-27(13-3-1)41-43-45-42(46-48(43)35-22-9-7-20-33(35)44-41)32-17-6-8-21-34(32)47-36-23-11-19-31-29-16-5-4-15-28(29)30-18-10-14-26-24-25-37(47)40(38(26)30)39(31)36/h1-25H. The van der Waals surface area contributed by atoms with Gasteiger partial charge in [-0.3, -0.25) is 0 Å². The Balaban J connectivity index is 1.25. The first-order valence-electron chi connectivity index (χ1n) is 16.2. The molecule has 0 bridgehead atoms. The van der Waals surface area contributed by atoms with Gasteiger partial charge in [0.25, 0.3) is 0 Å². The van der Waals surface area contributed by atoms with Crippen LogP contribution >= 0.6 is 0 Å². The molecule has 48 heavy (non-hydrogen) atoms. The van der Waals surface area contributed by atoms with E-state index in [1.165, 1.54) is 49.3 Å². The van der Waals surface area contributed by atoms with Crippen LogP contribution in [0.1, 0.15) is 0 Å². The van der Waals surface area contributed by atoms with E-state index in [1.54, 1.807) is 0 Å². The lowest BCUT2D eigenvalue weighted by Crippen LogP contribution is -1.99. The van der Waals surface area contributed by atoms with E-state index in [2.05, 4.69) is 120 Å². The molecule has 222 valence electrons. The highest BCUT2D eigenvalue weighted by Crippen LogP contribution is 2.50. The smallest absolute Gasteiger partial charge is 0.184 e. The lowest BCUT2D eigenvalue weighted by atomic mass is 9.93. The van der Waals surface area contributed by atoms with Crippen LogP contribution in [0.15, 0.2) is 152 Å². The molecule has 11 rings (SSSR count). The highest BCUT2D eigenvalue weighted by atomic mass is 15.3. The summed E-state index contributed by atoms with van der Waals surface area (Å²) in [6.45, 7) is 0. The number of nitrogens with zero attached hydrogens (tertiary/aromatic N) is 5. The predicted octanol–water partition coefficient (Wildman–Crippen LogP) is 10.5. The van der Waals surface area contributed by atoms with E-state index in [9.17, 15) is 0 Å². The number of aromatic nitrogens is 5. The summed E-state index contributed by atoms with van der Waals surface area (Å²) >= 11 is 0. The van der Waals surface area contributed by atoms with Crippen molar-refractivity contribution in [2.75, 3.05) is 0 Å². The van der Waals surface area contributed by atoms with Crippen LogP contribution in [0.5, 0.6) is 0 Å². The van der Waals surface area contributed by atoms with Crippen molar-refractivity contribution in [1.29, 1.82) is 0 Å². The van der Waals surface area contributed by atoms with Crippen molar-refractivity contribution in [2.45, 2.75) is 0 Å². The summed E-state index contributed by atoms with van der Waals surface area (Å²) in [7, 11) is 0. The Kier molecular flexibility index (Phi) is 5.05. The maximum Gasteiger partial charge on any atom is 0.184 e. The zero-order valence-electron chi connectivity index (χ0n) is 25.7. The molecule has 0 N–H and O–H groups in total. The van der Waals surface area contributed by atoms with Crippen LogP contribution in [0.25, 0.3) is 99.8 Å². The highest BCUT2D eigenvalue weighted by Gasteiger charge is 2.26. The normalized spacial score (nSPS) is 12.2. The zero-order chi connectivity index (χ0) is 31.3. The van der Waals surface area contributed by atoms with Crippen molar-refractivity contribution in [3.8, 4) is 50.6 Å². The SMILES string of the molecule is c1ccc(-c2nc3ccccc3n3nc(-c4ccccc4-n4c5cccc6c5c5c7c(cccc7ccc54)-c4ccccc4-6)nc23)cc1. The molecule has 10 aromatic rings. The highest BCUT2D eigenvalue weighted by molar-refractivity contribution is 6.30. The molecule has 5 nitrogen and oxygen atoms in total. The molecule has 1 aliphatic carbocycles. The molecule has 0 saturated carbocycles. The third-order valence-corrected chi connectivity index (χ3v) is 9.90. The molecule has 0 fully saturated rings. The second-order valence-corrected chi connectivity index (χ2v) is 12.4. The summed E-state index contributed by atoms with van der Waals surface area (Å²) < 4.78 is 4.36. The van der Waals surface area contributed by atoms with Gasteiger partial charge in [0.05, 0.1) is 27.8 Å². The van der Waals surface area contributed by atoms with Crippen LogP contribution in [0.2, 0.25) is 0 Å². The molecule has 7 aromatic carbocycles. The van der Waals surface area contributed by atoms with E-state index >= 15 is 0 Å². The molecule has 5 heteroatoms. The third kappa shape index (κ3) is 3.37. The van der Waals surface area contributed by atoms with Gasteiger partial charge in [0.15, 0.2) is 11.5 Å². The van der Waals surface area contributed by atoms with E-state index in [4.69, 9.17) is 15.1 Å². The number of para-hydroxylation sites is 3. The first kappa shape index (κ1) is 25.6. The van der Waals surface area contributed by atoms with Crippen LogP contribution in [0.4, 0.5) is 0 Å². The lowest BCUT2D eigenvalue weighted by Gasteiger charge is -2.15. The van der Waals surface area contributed by atoms with Crippen molar-refractivity contribution >= 4 is 49.3 Å². The summed E-state index contributed by atoms with van der Waals surface area (Å²) in [6, 6.07) is 53.6. The summed E-state index contributed by atoms with van der Waals surface area (Å²) in [5, 5.41) is 10.3. The summed E-state index contributed by atoms with van der Waals surface area (Å²) in [5.74, 6) is 0.658. The van der Waals surface area contributed by atoms with Gasteiger partial charge in [0.1, 0.15) is 5.69 Å². The quantitative estimate of drug-likeness (QED) is 0.200. The molecule has 0 spiro atoms. The van der Waals surface area contributed by atoms with Crippen molar-refractivity contribution in [3.63, 3.8) is 0 Å². The Morgan fingerprint density at radius 3 is 1.92 bits per heavy atom. The second-order valence-electron chi connectivity index (χ2n) is 12.4. The average Bonchev–Trinajstić information content (AvgIpc) is 3.72. The number of fused-ring (bicyclic) bond motifs is 6. The van der Waals surface area contributed by atoms with Gasteiger partial charge in [-0.05, 0) is 69.4 Å². The van der Waals surface area contributed by atoms with Gasteiger partial charge in [0, 0.05) is 21.9 Å². The van der Waals surface area contributed by atoms with Crippen LogP contribution in [0.3, 0.4) is 0 Å². The molecule has 0 radical (unpaired) electrons. The van der Waals surface area contributed by atoms with E-state index < -0.39 is 0 Å². The molecule has 3 aromatic heterocycles. The van der Waals surface area contributed by atoms with Gasteiger partial charge in [-0.1, -0.05) is 115 Å². The van der Waals surface area contributed by atoms with Gasteiger partial charge in [-0.2, -0.15) is 0 Å². The van der Waals surface area contributed by atoms with E-state index in [1.807, 2.05) is 40.9 Å². The predicted molar refractivity (Wildman–Crippen MR) is 195 cm³/mol. The second kappa shape index (κ2) is 9.47. The van der Waals surface area contributed by atoms with E-state index in [0.29, 0.717) is 5.82 Å². The number of hydrogen-bond donors (Lipinski definition) is 0. The fraction of sp³-hybridized carbons (Fsp3) is 0. The third-order valence-electron chi connectivity index (χ3n) is 9.90. The number of hydrogen-bond acceptors (Lipinski definition) is 3. The molecule has 0 unspecified atom stereocenters.